The van der Waals surface area contributed by atoms with Gasteiger partial charge in [-0.3, -0.25) is 9.69 Å². The molecule has 0 fully saturated rings. The Morgan fingerprint density at radius 2 is 1.86 bits per heavy atom. The number of sulfonamides is 1. The molecule has 0 atom stereocenters. The fourth-order valence-electron chi connectivity index (χ4n) is 3.78. The Morgan fingerprint density at radius 3 is 2.51 bits per heavy atom. The fourth-order valence-corrected chi connectivity index (χ4v) is 6.33. The Hall–Kier alpha value is -3.01. The highest BCUT2D eigenvalue weighted by Gasteiger charge is 2.25. The number of benzene rings is 2. The number of nitrogens with zero attached hydrogens (tertiary/aromatic N) is 3. The first kappa shape index (κ1) is 25.1. The summed E-state index contributed by atoms with van der Waals surface area (Å²) in [6.45, 7) is 6.97. The number of carbonyl (C=O) groups excluding carboxylic acids is 1. The van der Waals surface area contributed by atoms with Gasteiger partial charge < -0.3 is 4.42 Å². The standard InChI is InChI=1S/C26H29N3O4S2/c1-4-6-15-28(5-2)35(31,32)22-12-10-20(11-13-22)25(30)29(18-21-8-7-16-33-21)26-27-23-14-9-19(3)17-24(23)34-26/h7-14,16-17H,4-6,15,18H2,1-3H3. The number of carbonyl (C=O) groups is 1. The van der Waals surface area contributed by atoms with Crippen LogP contribution in [0, 0.1) is 6.92 Å². The van der Waals surface area contributed by atoms with E-state index in [1.54, 1.807) is 29.4 Å². The van der Waals surface area contributed by atoms with Crippen LogP contribution in [0.1, 0.15) is 48.4 Å². The Kier molecular flexibility index (Phi) is 7.69. The third-order valence-electron chi connectivity index (χ3n) is 5.76. The van der Waals surface area contributed by atoms with E-state index in [-0.39, 0.29) is 17.3 Å². The number of thiazole rings is 1. The monoisotopic (exact) mass is 511 g/mol. The van der Waals surface area contributed by atoms with Crippen LogP contribution in [0.2, 0.25) is 0 Å². The number of fused-ring (bicyclic) bond motifs is 1. The highest BCUT2D eigenvalue weighted by molar-refractivity contribution is 7.89. The zero-order valence-corrected chi connectivity index (χ0v) is 21.7. The summed E-state index contributed by atoms with van der Waals surface area (Å²) in [5.74, 6) is 0.349. The molecule has 0 saturated carbocycles. The molecule has 0 aliphatic carbocycles. The molecule has 9 heteroatoms. The molecule has 2 heterocycles. The molecular weight excluding hydrogens is 482 g/mol. The first-order chi connectivity index (χ1) is 16.8. The lowest BCUT2D eigenvalue weighted by molar-refractivity contribution is 0.0983. The average Bonchev–Trinajstić information content (AvgIpc) is 3.52. The number of aryl methyl sites for hydroxylation is 1. The van der Waals surface area contributed by atoms with E-state index in [1.165, 1.54) is 27.8 Å². The van der Waals surface area contributed by atoms with Gasteiger partial charge in [0.1, 0.15) is 5.76 Å². The first-order valence-corrected chi connectivity index (χ1v) is 13.9. The van der Waals surface area contributed by atoms with Crippen LogP contribution in [0.4, 0.5) is 5.13 Å². The minimum Gasteiger partial charge on any atom is -0.467 e. The van der Waals surface area contributed by atoms with Crippen LogP contribution < -0.4 is 4.90 Å². The molecular formula is C26H29N3O4S2. The van der Waals surface area contributed by atoms with Crippen molar-refractivity contribution in [1.29, 1.82) is 0 Å². The van der Waals surface area contributed by atoms with E-state index in [9.17, 15) is 13.2 Å². The summed E-state index contributed by atoms with van der Waals surface area (Å²) in [6, 6.07) is 15.7. The number of anilines is 1. The highest BCUT2D eigenvalue weighted by atomic mass is 32.2. The van der Waals surface area contributed by atoms with Crippen molar-refractivity contribution in [2.75, 3.05) is 18.0 Å². The normalized spacial score (nSPS) is 11.9. The Bertz CT molecular complexity index is 1390. The molecule has 2 aromatic carbocycles. The summed E-state index contributed by atoms with van der Waals surface area (Å²) in [7, 11) is -3.62. The molecule has 0 radical (unpaired) electrons. The van der Waals surface area contributed by atoms with Gasteiger partial charge in [0.05, 0.1) is 27.9 Å². The number of rotatable bonds is 10. The SMILES string of the molecule is CCCCN(CC)S(=O)(=O)c1ccc(C(=O)N(Cc2ccco2)c2nc3ccc(C)cc3s2)cc1. The smallest absolute Gasteiger partial charge is 0.260 e. The second-order valence-electron chi connectivity index (χ2n) is 8.31. The van der Waals surface area contributed by atoms with Gasteiger partial charge in [0.25, 0.3) is 5.91 Å². The summed E-state index contributed by atoms with van der Waals surface area (Å²) >= 11 is 1.44. The quantitative estimate of drug-likeness (QED) is 0.266. The van der Waals surface area contributed by atoms with Crippen molar-refractivity contribution in [2.45, 2.75) is 45.1 Å². The van der Waals surface area contributed by atoms with Gasteiger partial charge in [-0.2, -0.15) is 4.31 Å². The molecule has 0 spiro atoms. The van der Waals surface area contributed by atoms with Gasteiger partial charge in [-0.25, -0.2) is 13.4 Å². The van der Waals surface area contributed by atoms with Crippen molar-refractivity contribution >= 4 is 42.6 Å². The van der Waals surface area contributed by atoms with Crippen LogP contribution in [0.5, 0.6) is 0 Å². The van der Waals surface area contributed by atoms with Crippen molar-refractivity contribution in [3.05, 3.63) is 77.7 Å². The maximum atomic E-state index is 13.6. The Morgan fingerprint density at radius 1 is 1.09 bits per heavy atom. The van der Waals surface area contributed by atoms with Gasteiger partial charge in [-0.15, -0.1) is 0 Å². The van der Waals surface area contributed by atoms with E-state index in [4.69, 9.17) is 4.42 Å². The van der Waals surface area contributed by atoms with E-state index >= 15 is 0 Å². The minimum absolute atomic E-state index is 0.181. The molecule has 0 aliphatic rings. The summed E-state index contributed by atoms with van der Waals surface area (Å²) < 4.78 is 34.1. The van der Waals surface area contributed by atoms with Gasteiger partial charge in [0.15, 0.2) is 5.13 Å². The Labute approximate surface area is 210 Å². The molecule has 0 bridgehead atoms. The number of amides is 1. The van der Waals surface area contributed by atoms with Gasteiger partial charge in [-0.05, 0) is 67.4 Å². The van der Waals surface area contributed by atoms with Crippen LogP contribution in [0.25, 0.3) is 10.2 Å². The number of hydrogen-bond acceptors (Lipinski definition) is 6. The molecule has 0 saturated heterocycles. The number of hydrogen-bond donors (Lipinski definition) is 0. The fraction of sp³-hybridized carbons (Fsp3) is 0.308. The van der Waals surface area contributed by atoms with Gasteiger partial charge in [-0.1, -0.05) is 37.7 Å². The molecule has 0 unspecified atom stereocenters. The van der Waals surface area contributed by atoms with E-state index in [0.29, 0.717) is 29.5 Å². The maximum Gasteiger partial charge on any atom is 0.260 e. The van der Waals surface area contributed by atoms with Crippen molar-refractivity contribution in [2.24, 2.45) is 0 Å². The van der Waals surface area contributed by atoms with Crippen molar-refractivity contribution in [3.8, 4) is 0 Å². The largest absolute Gasteiger partial charge is 0.467 e. The third kappa shape index (κ3) is 5.47. The molecule has 35 heavy (non-hydrogen) atoms. The average molecular weight is 512 g/mol. The van der Waals surface area contributed by atoms with Crippen LogP contribution in [0.3, 0.4) is 0 Å². The summed E-state index contributed by atoms with van der Waals surface area (Å²) in [6.07, 6.45) is 3.28. The molecule has 1 amide bonds. The third-order valence-corrected chi connectivity index (χ3v) is 8.79. The van der Waals surface area contributed by atoms with Crippen LogP contribution in [0.15, 0.2) is 70.2 Å². The molecule has 0 aliphatic heterocycles. The summed E-state index contributed by atoms with van der Waals surface area (Å²) in [5.41, 5.74) is 2.32. The maximum absolute atomic E-state index is 13.6. The van der Waals surface area contributed by atoms with Crippen LogP contribution in [-0.4, -0.2) is 36.7 Å². The lowest BCUT2D eigenvalue weighted by Gasteiger charge is -2.21. The summed E-state index contributed by atoms with van der Waals surface area (Å²) in [4.78, 5) is 20.0. The molecule has 2 aromatic heterocycles. The topological polar surface area (TPSA) is 83.7 Å². The summed E-state index contributed by atoms with van der Waals surface area (Å²) in [5, 5.41) is 0.556. The van der Waals surface area contributed by atoms with E-state index in [0.717, 1.165) is 28.6 Å². The second-order valence-corrected chi connectivity index (χ2v) is 11.3. The van der Waals surface area contributed by atoms with Crippen molar-refractivity contribution < 1.29 is 17.6 Å². The van der Waals surface area contributed by atoms with Crippen LogP contribution >= 0.6 is 11.3 Å². The van der Waals surface area contributed by atoms with Gasteiger partial charge in [0.2, 0.25) is 10.0 Å². The molecule has 7 nitrogen and oxygen atoms in total. The number of unbranched alkanes of at least 4 members (excludes halogenated alkanes) is 1. The molecule has 4 aromatic rings. The number of aromatic nitrogens is 1. The predicted octanol–water partition coefficient (Wildman–Crippen LogP) is 5.86. The zero-order chi connectivity index (χ0) is 25.0. The second kappa shape index (κ2) is 10.7. The van der Waals surface area contributed by atoms with Gasteiger partial charge >= 0.3 is 0 Å². The van der Waals surface area contributed by atoms with Crippen molar-refractivity contribution in [3.63, 3.8) is 0 Å². The number of furan rings is 1. The lowest BCUT2D eigenvalue weighted by atomic mass is 10.2. The van der Waals surface area contributed by atoms with E-state index < -0.39 is 10.0 Å². The molecule has 184 valence electrons. The van der Waals surface area contributed by atoms with E-state index in [2.05, 4.69) is 4.98 Å². The van der Waals surface area contributed by atoms with E-state index in [1.807, 2.05) is 45.0 Å². The first-order valence-electron chi connectivity index (χ1n) is 11.6. The van der Waals surface area contributed by atoms with Crippen LogP contribution in [-0.2, 0) is 16.6 Å². The lowest BCUT2D eigenvalue weighted by Crippen LogP contribution is -2.32. The predicted molar refractivity (Wildman–Crippen MR) is 139 cm³/mol. The zero-order valence-electron chi connectivity index (χ0n) is 20.1. The van der Waals surface area contributed by atoms with Crippen molar-refractivity contribution in [1.82, 2.24) is 9.29 Å². The van der Waals surface area contributed by atoms with Gasteiger partial charge in [0, 0.05) is 18.7 Å². The molecule has 4 rings (SSSR count). The minimum atomic E-state index is -3.62. The highest BCUT2D eigenvalue weighted by Crippen LogP contribution is 2.31. The Balaban J connectivity index is 1.65. The molecule has 0 N–H and O–H groups in total.